The summed E-state index contributed by atoms with van der Waals surface area (Å²) in [4.78, 5) is 12.5. The molecule has 0 aromatic carbocycles. The van der Waals surface area contributed by atoms with Gasteiger partial charge in [0.2, 0.25) is 0 Å². The summed E-state index contributed by atoms with van der Waals surface area (Å²) in [5, 5.41) is 9.66. The molecule has 0 aromatic heterocycles. The number of carbonyl (C=O) groups is 1. The molecule has 8 nitrogen and oxygen atoms in total. The molecule has 0 aromatic rings. The molecule has 90 valence electrons. The Hall–Kier alpha value is -0.900. The third-order valence-corrected chi connectivity index (χ3v) is 3.85. The minimum Gasteiger partial charge on any atom is -0.447 e. The predicted molar refractivity (Wildman–Crippen MR) is 46.5 cm³/mol. The van der Waals surface area contributed by atoms with E-state index in [0.717, 1.165) is 0 Å². The fraction of sp³-hybridized carbons (Fsp3) is 0.857. The average molecular weight is 251 g/mol. The van der Waals surface area contributed by atoms with Crippen molar-refractivity contribution in [2.75, 3.05) is 13.2 Å². The van der Waals surface area contributed by atoms with Gasteiger partial charge in [0.05, 0.1) is 12.6 Å². The van der Waals surface area contributed by atoms with Gasteiger partial charge in [0.15, 0.2) is 0 Å². The summed E-state index contributed by atoms with van der Waals surface area (Å²) in [6.07, 6.45) is -3.51. The molecule has 3 aliphatic rings. The van der Waals surface area contributed by atoms with Gasteiger partial charge in [-0.3, -0.25) is 4.90 Å². The molecule has 0 unspecified atom stereocenters. The number of aliphatic hydroxyl groups is 1. The van der Waals surface area contributed by atoms with Gasteiger partial charge in [0.25, 0.3) is 0 Å². The van der Waals surface area contributed by atoms with Gasteiger partial charge in [-0.2, -0.15) is 8.42 Å². The first-order chi connectivity index (χ1) is 7.48. The van der Waals surface area contributed by atoms with E-state index in [1.165, 1.54) is 4.90 Å². The Morgan fingerprint density at radius 1 is 1.31 bits per heavy atom. The molecule has 9 heteroatoms. The summed E-state index contributed by atoms with van der Waals surface area (Å²) in [5.41, 5.74) is 0. The Kier molecular flexibility index (Phi) is 1.97. The highest BCUT2D eigenvalue weighted by molar-refractivity contribution is 7.82. The number of aliphatic hydroxyl groups excluding tert-OH is 1. The Balaban J connectivity index is 1.94. The van der Waals surface area contributed by atoms with Crippen molar-refractivity contribution < 1.29 is 31.4 Å². The number of nitrogens with zero attached hydrogens (tertiary/aromatic N) is 1. The molecule has 0 bridgehead atoms. The van der Waals surface area contributed by atoms with Gasteiger partial charge < -0.3 is 9.84 Å². The molecule has 3 saturated heterocycles. The maximum absolute atomic E-state index is 11.3. The second-order valence-electron chi connectivity index (χ2n) is 3.89. The molecule has 1 N–H and O–H groups in total. The molecule has 3 rings (SSSR count). The zero-order valence-corrected chi connectivity index (χ0v) is 8.79. The lowest BCUT2D eigenvalue weighted by Gasteiger charge is -2.35. The zero-order valence-electron chi connectivity index (χ0n) is 7.98. The van der Waals surface area contributed by atoms with E-state index in [9.17, 15) is 18.3 Å². The smallest absolute Gasteiger partial charge is 0.410 e. The monoisotopic (exact) mass is 251 g/mol. The molecular weight excluding hydrogens is 242 g/mol. The number of cyclic esters (lactones) is 1. The summed E-state index contributed by atoms with van der Waals surface area (Å²) >= 11 is 0. The summed E-state index contributed by atoms with van der Waals surface area (Å²) in [6, 6.07) is -0.516. The number of amides is 1. The van der Waals surface area contributed by atoms with Crippen molar-refractivity contribution in [1.29, 1.82) is 0 Å². The molecule has 3 heterocycles. The van der Waals surface area contributed by atoms with Crippen LogP contribution < -0.4 is 0 Å². The van der Waals surface area contributed by atoms with Crippen LogP contribution >= 0.6 is 0 Å². The normalized spacial score (nSPS) is 45.1. The van der Waals surface area contributed by atoms with Crippen molar-refractivity contribution in [3.8, 4) is 0 Å². The summed E-state index contributed by atoms with van der Waals surface area (Å²) in [7, 11) is -4.07. The largest absolute Gasteiger partial charge is 0.447 e. The zero-order chi connectivity index (χ0) is 11.5. The number of rotatable bonds is 0. The van der Waals surface area contributed by atoms with Crippen LogP contribution in [0.1, 0.15) is 0 Å². The average Bonchev–Trinajstić information content (AvgIpc) is 2.68. The second kappa shape index (κ2) is 3.06. The summed E-state index contributed by atoms with van der Waals surface area (Å²) in [5.74, 6) is 0. The lowest BCUT2D eigenvalue weighted by atomic mass is 9.95. The Morgan fingerprint density at radius 3 is 2.75 bits per heavy atom. The fourth-order valence-corrected chi connectivity index (χ4v) is 3.29. The molecule has 4 atom stereocenters. The number of hydrogen-bond donors (Lipinski definition) is 1. The Labute approximate surface area is 91.0 Å². The maximum Gasteiger partial charge on any atom is 0.410 e. The Morgan fingerprint density at radius 2 is 2.00 bits per heavy atom. The number of ether oxygens (including phenoxy) is 1. The predicted octanol–water partition coefficient (Wildman–Crippen LogP) is -1.79. The van der Waals surface area contributed by atoms with E-state index < -0.39 is 40.8 Å². The highest BCUT2D eigenvalue weighted by Gasteiger charge is 2.57. The summed E-state index contributed by atoms with van der Waals surface area (Å²) < 4.78 is 36.3. The standard InChI is InChI=1S/C7H9NO7S/c9-4-1-8-3(2-13-7(8)10)5-6(4)15-16(11,12)14-5/h3-6,9H,1-2H2/t3-,4+,5+,6-/m1/s1. The van der Waals surface area contributed by atoms with Crippen LogP contribution in [0.3, 0.4) is 0 Å². The van der Waals surface area contributed by atoms with Crippen LogP contribution in [0.25, 0.3) is 0 Å². The van der Waals surface area contributed by atoms with Crippen molar-refractivity contribution in [3.63, 3.8) is 0 Å². The topological polar surface area (TPSA) is 102 Å². The minimum absolute atomic E-state index is 0.0104. The molecule has 16 heavy (non-hydrogen) atoms. The lowest BCUT2D eigenvalue weighted by molar-refractivity contribution is -0.0536. The van der Waals surface area contributed by atoms with Gasteiger partial charge in [-0.1, -0.05) is 0 Å². The molecule has 0 spiro atoms. The van der Waals surface area contributed by atoms with E-state index in [0.29, 0.717) is 0 Å². The Bertz CT molecular complexity index is 434. The van der Waals surface area contributed by atoms with Crippen LogP contribution in [0.15, 0.2) is 0 Å². The van der Waals surface area contributed by atoms with Crippen molar-refractivity contribution in [3.05, 3.63) is 0 Å². The van der Waals surface area contributed by atoms with E-state index in [-0.39, 0.29) is 13.2 Å². The number of piperidine rings is 1. The molecule has 0 radical (unpaired) electrons. The quantitative estimate of drug-likeness (QED) is 0.542. The molecule has 0 saturated carbocycles. The maximum atomic E-state index is 11.3. The van der Waals surface area contributed by atoms with Gasteiger partial charge in [-0.25, -0.2) is 13.2 Å². The van der Waals surface area contributed by atoms with Crippen LogP contribution in [0.4, 0.5) is 4.79 Å². The van der Waals surface area contributed by atoms with Gasteiger partial charge >= 0.3 is 16.5 Å². The SMILES string of the molecule is O=C1OC[C@@H]2[C@@H]3OS(=O)(=O)O[C@@H]3[C@@H](O)CN12. The van der Waals surface area contributed by atoms with Gasteiger partial charge in [-0.05, 0) is 0 Å². The van der Waals surface area contributed by atoms with E-state index >= 15 is 0 Å². The highest BCUT2D eigenvalue weighted by atomic mass is 32.3. The molecular formula is C7H9NO7S. The van der Waals surface area contributed by atoms with Crippen molar-refractivity contribution in [2.45, 2.75) is 24.4 Å². The van der Waals surface area contributed by atoms with Gasteiger partial charge in [0.1, 0.15) is 24.9 Å². The summed E-state index contributed by atoms with van der Waals surface area (Å²) in [6.45, 7) is 0.0369. The van der Waals surface area contributed by atoms with E-state index in [2.05, 4.69) is 4.18 Å². The van der Waals surface area contributed by atoms with E-state index in [4.69, 9.17) is 8.92 Å². The number of fused-ring (bicyclic) bond motifs is 3. The van der Waals surface area contributed by atoms with E-state index in [1.54, 1.807) is 0 Å². The van der Waals surface area contributed by atoms with Crippen molar-refractivity contribution >= 4 is 16.5 Å². The third kappa shape index (κ3) is 1.32. The first-order valence-corrected chi connectivity index (χ1v) is 6.04. The molecule has 3 aliphatic heterocycles. The minimum atomic E-state index is -4.07. The first-order valence-electron chi connectivity index (χ1n) is 4.71. The lowest BCUT2D eigenvalue weighted by Crippen LogP contribution is -2.59. The van der Waals surface area contributed by atoms with Crippen molar-refractivity contribution in [1.82, 2.24) is 4.90 Å². The van der Waals surface area contributed by atoms with Gasteiger partial charge in [-0.15, -0.1) is 0 Å². The van der Waals surface area contributed by atoms with Crippen LogP contribution in [-0.2, 0) is 23.5 Å². The highest BCUT2D eigenvalue weighted by Crippen LogP contribution is 2.34. The molecule has 1 amide bonds. The van der Waals surface area contributed by atoms with Gasteiger partial charge in [0, 0.05) is 0 Å². The van der Waals surface area contributed by atoms with Crippen LogP contribution in [-0.4, -0.2) is 62.0 Å². The van der Waals surface area contributed by atoms with E-state index in [1.807, 2.05) is 0 Å². The molecule has 3 fully saturated rings. The first kappa shape index (κ1) is 10.3. The van der Waals surface area contributed by atoms with Crippen LogP contribution in [0.5, 0.6) is 0 Å². The van der Waals surface area contributed by atoms with Crippen LogP contribution in [0.2, 0.25) is 0 Å². The van der Waals surface area contributed by atoms with Crippen molar-refractivity contribution in [2.24, 2.45) is 0 Å². The number of carbonyl (C=O) groups excluding carboxylic acids is 1. The molecule has 0 aliphatic carbocycles. The second-order valence-corrected chi connectivity index (χ2v) is 5.10. The third-order valence-electron chi connectivity index (χ3n) is 2.94. The fourth-order valence-electron chi connectivity index (χ4n) is 2.22. The number of hydrogen-bond acceptors (Lipinski definition) is 7. The van der Waals surface area contributed by atoms with Crippen LogP contribution in [0, 0.1) is 0 Å².